The summed E-state index contributed by atoms with van der Waals surface area (Å²) < 4.78 is 0. The molecule has 1 aromatic heterocycles. The van der Waals surface area contributed by atoms with Crippen LogP contribution in [0.1, 0.15) is 27.8 Å². The second kappa shape index (κ2) is 13.7. The molecule has 0 atom stereocenters. The van der Waals surface area contributed by atoms with Crippen LogP contribution < -0.4 is 0 Å². The fourth-order valence-electron chi connectivity index (χ4n) is 8.99. The van der Waals surface area contributed by atoms with Gasteiger partial charge in [0.15, 0.2) is 5.82 Å². The number of nitriles is 1. The molecule has 8 aromatic carbocycles. The molecule has 0 amide bonds. The van der Waals surface area contributed by atoms with E-state index in [-0.39, 0.29) is 0 Å². The maximum atomic E-state index is 9.33. The van der Waals surface area contributed by atoms with Gasteiger partial charge in [0.1, 0.15) is 0 Å². The van der Waals surface area contributed by atoms with Crippen molar-refractivity contribution in [2.24, 2.45) is 0 Å². The molecule has 0 bridgehead atoms. The summed E-state index contributed by atoms with van der Waals surface area (Å²) in [6, 6.07) is 73.4. The molecular weight excluding hydrogens is 723 g/mol. The average Bonchev–Trinajstić information content (AvgIpc) is 3.59. The summed E-state index contributed by atoms with van der Waals surface area (Å²) in [5, 5.41) is 9.33. The molecule has 270 valence electrons. The highest BCUT2D eigenvalue weighted by Gasteiger charge is 2.51. The van der Waals surface area contributed by atoms with Gasteiger partial charge in [-0.05, 0) is 92.0 Å². The Balaban J connectivity index is 1.16. The van der Waals surface area contributed by atoms with E-state index in [1.807, 2.05) is 60.3 Å². The van der Waals surface area contributed by atoms with Crippen molar-refractivity contribution in [2.45, 2.75) is 15.2 Å². The fourth-order valence-corrected chi connectivity index (χ4v) is 10.2. The van der Waals surface area contributed by atoms with Crippen molar-refractivity contribution < 1.29 is 0 Å². The van der Waals surface area contributed by atoms with E-state index in [1.165, 1.54) is 48.7 Å². The molecule has 1 aliphatic heterocycles. The first-order valence-electron chi connectivity index (χ1n) is 19.5. The number of aromatic nitrogens is 2. The van der Waals surface area contributed by atoms with Crippen LogP contribution in [0.25, 0.3) is 67.3 Å². The highest BCUT2D eigenvalue weighted by Crippen LogP contribution is 2.63. The highest BCUT2D eigenvalue weighted by molar-refractivity contribution is 7.99. The molecule has 0 N–H and O–H groups in total. The molecule has 9 aromatic rings. The van der Waals surface area contributed by atoms with E-state index in [0.717, 1.165) is 44.8 Å². The minimum atomic E-state index is -0.560. The Labute approximate surface area is 342 Å². The predicted octanol–water partition coefficient (Wildman–Crippen LogP) is 13.5. The zero-order chi connectivity index (χ0) is 38.6. The molecule has 0 unspecified atom stereocenters. The Kier molecular flexibility index (Phi) is 8.03. The van der Waals surface area contributed by atoms with Crippen LogP contribution in [-0.2, 0) is 5.41 Å². The number of rotatable bonds is 5. The third-order valence-electron chi connectivity index (χ3n) is 11.6. The lowest BCUT2D eigenvalue weighted by molar-refractivity contribution is 0.722. The number of benzene rings is 8. The van der Waals surface area contributed by atoms with Gasteiger partial charge in [-0.3, -0.25) is 0 Å². The molecule has 0 radical (unpaired) electrons. The second-order valence-corrected chi connectivity index (χ2v) is 15.9. The monoisotopic (exact) mass is 755 g/mol. The Hall–Kier alpha value is -7.32. The first kappa shape index (κ1) is 34.0. The molecule has 1 aliphatic carbocycles. The zero-order valence-electron chi connectivity index (χ0n) is 31.3. The van der Waals surface area contributed by atoms with E-state index in [0.29, 0.717) is 11.4 Å². The van der Waals surface area contributed by atoms with Crippen LogP contribution in [0, 0.1) is 11.3 Å². The highest BCUT2D eigenvalue weighted by atomic mass is 32.2. The topological polar surface area (TPSA) is 49.6 Å². The molecule has 2 aliphatic rings. The van der Waals surface area contributed by atoms with Gasteiger partial charge in [-0.15, -0.1) is 0 Å². The van der Waals surface area contributed by atoms with Crippen molar-refractivity contribution in [3.05, 3.63) is 228 Å². The molecule has 3 nitrogen and oxygen atoms in total. The van der Waals surface area contributed by atoms with Gasteiger partial charge in [-0.2, -0.15) is 5.26 Å². The summed E-state index contributed by atoms with van der Waals surface area (Å²) in [5.74, 6) is 0.701. The van der Waals surface area contributed by atoms with Gasteiger partial charge in [-0.1, -0.05) is 176 Å². The molecule has 0 saturated carbocycles. The Bertz CT molecular complexity index is 2970. The van der Waals surface area contributed by atoms with Gasteiger partial charge in [0, 0.05) is 26.5 Å². The molecule has 1 spiro atoms. The molecule has 2 heterocycles. The largest absolute Gasteiger partial charge is 0.228 e. The maximum Gasteiger partial charge on any atom is 0.160 e. The average molecular weight is 756 g/mol. The molecule has 11 rings (SSSR count). The summed E-state index contributed by atoms with van der Waals surface area (Å²) in [4.78, 5) is 12.9. The van der Waals surface area contributed by atoms with E-state index >= 15 is 0 Å². The van der Waals surface area contributed by atoms with E-state index in [2.05, 4.69) is 158 Å². The first-order valence-corrected chi connectivity index (χ1v) is 20.3. The number of hydrogen-bond acceptors (Lipinski definition) is 4. The van der Waals surface area contributed by atoms with E-state index in [1.54, 1.807) is 0 Å². The third kappa shape index (κ3) is 5.36. The van der Waals surface area contributed by atoms with Crippen molar-refractivity contribution in [2.75, 3.05) is 0 Å². The van der Waals surface area contributed by atoms with Crippen molar-refractivity contribution in [1.29, 1.82) is 5.26 Å². The molecule has 4 heteroatoms. The molecular formula is C54H33N3S. The van der Waals surface area contributed by atoms with Gasteiger partial charge in [-0.25, -0.2) is 9.97 Å². The Morgan fingerprint density at radius 3 is 1.59 bits per heavy atom. The van der Waals surface area contributed by atoms with Gasteiger partial charge in [0.05, 0.1) is 28.4 Å². The van der Waals surface area contributed by atoms with Crippen LogP contribution >= 0.6 is 11.8 Å². The van der Waals surface area contributed by atoms with Crippen LogP contribution in [0.2, 0.25) is 0 Å². The van der Waals surface area contributed by atoms with Crippen LogP contribution in [-0.4, -0.2) is 9.97 Å². The van der Waals surface area contributed by atoms with Crippen LogP contribution in [0.15, 0.2) is 210 Å². The number of hydrogen-bond donors (Lipinski definition) is 0. The quantitative estimate of drug-likeness (QED) is 0.175. The van der Waals surface area contributed by atoms with Crippen LogP contribution in [0.3, 0.4) is 0 Å². The van der Waals surface area contributed by atoms with E-state index in [9.17, 15) is 5.26 Å². The van der Waals surface area contributed by atoms with Gasteiger partial charge >= 0.3 is 0 Å². The summed E-state index contributed by atoms with van der Waals surface area (Å²) >= 11 is 1.86. The molecule has 58 heavy (non-hydrogen) atoms. The molecule has 0 fully saturated rings. The maximum absolute atomic E-state index is 9.33. The first-order chi connectivity index (χ1) is 28.7. The van der Waals surface area contributed by atoms with E-state index < -0.39 is 5.41 Å². The lowest BCUT2D eigenvalue weighted by Crippen LogP contribution is -2.32. The Morgan fingerprint density at radius 1 is 0.397 bits per heavy atom. The second-order valence-electron chi connectivity index (χ2n) is 14.8. The normalized spacial score (nSPS) is 12.9. The van der Waals surface area contributed by atoms with E-state index in [4.69, 9.17) is 9.97 Å². The van der Waals surface area contributed by atoms with Gasteiger partial charge in [0.25, 0.3) is 0 Å². The third-order valence-corrected chi connectivity index (χ3v) is 12.8. The minimum absolute atomic E-state index is 0.560. The SMILES string of the molecule is N#Cc1ccc(-c2ccc(-c3cccc4c3-c3ccc(-c5cc(-c6ccccc6)nc(-c6ccccc6)n5)cc3C43c4ccccc4Sc4ccccc43)cc2)cc1. The van der Waals surface area contributed by atoms with Crippen LogP contribution in [0.4, 0.5) is 0 Å². The lowest BCUT2D eigenvalue weighted by Gasteiger charge is -2.39. The standard InChI is InChI=1S/C54H33N3S/c55-34-35-22-24-36(25-23-35)37-26-28-38(29-27-37)42-16-11-19-46-52(42)43-31-30-41(32-47(43)54(46)44-17-7-9-20-50(44)58-51-21-10-8-18-45(51)54)49-33-48(39-12-3-1-4-13-39)56-53(57-49)40-14-5-2-6-15-40/h1-33H. The number of nitrogens with zero attached hydrogens (tertiary/aromatic N) is 3. The van der Waals surface area contributed by atoms with Crippen molar-refractivity contribution in [1.82, 2.24) is 9.97 Å². The summed E-state index contributed by atoms with van der Waals surface area (Å²) in [6.07, 6.45) is 0. The van der Waals surface area contributed by atoms with Crippen molar-refractivity contribution in [3.8, 4) is 73.4 Å². The predicted molar refractivity (Wildman–Crippen MR) is 235 cm³/mol. The smallest absolute Gasteiger partial charge is 0.160 e. The van der Waals surface area contributed by atoms with Gasteiger partial charge < -0.3 is 0 Å². The van der Waals surface area contributed by atoms with Crippen molar-refractivity contribution in [3.63, 3.8) is 0 Å². The van der Waals surface area contributed by atoms with Crippen molar-refractivity contribution >= 4 is 11.8 Å². The molecule has 0 saturated heterocycles. The fraction of sp³-hybridized carbons (Fsp3) is 0.0185. The zero-order valence-corrected chi connectivity index (χ0v) is 32.1. The van der Waals surface area contributed by atoms with Gasteiger partial charge in [0.2, 0.25) is 0 Å². The van der Waals surface area contributed by atoms with Crippen LogP contribution in [0.5, 0.6) is 0 Å². The Morgan fingerprint density at radius 2 is 0.931 bits per heavy atom. The summed E-state index contributed by atoms with van der Waals surface area (Å²) in [5.41, 5.74) is 17.1. The summed E-state index contributed by atoms with van der Waals surface area (Å²) in [7, 11) is 0. The lowest BCUT2D eigenvalue weighted by atomic mass is 9.67. The number of fused-ring (bicyclic) bond motifs is 9. The summed E-state index contributed by atoms with van der Waals surface area (Å²) in [6.45, 7) is 0. The minimum Gasteiger partial charge on any atom is -0.228 e.